The Morgan fingerprint density at radius 1 is 1.32 bits per heavy atom. The Balaban J connectivity index is 2.31. The number of carboxylic acids is 1. The lowest BCUT2D eigenvalue weighted by Gasteiger charge is -2.43. The molecule has 1 unspecified atom stereocenters. The lowest BCUT2D eigenvalue weighted by molar-refractivity contribution is -0.145. The number of carboxylic acid groups (broad SMARTS) is 1. The first kappa shape index (κ1) is 14.4. The van der Waals surface area contributed by atoms with E-state index in [-0.39, 0.29) is 5.41 Å². The van der Waals surface area contributed by atoms with Crippen molar-refractivity contribution in [2.45, 2.75) is 45.1 Å². The predicted molar refractivity (Wildman–Crippen MR) is 80.4 cm³/mol. The first-order valence-corrected chi connectivity index (χ1v) is 7.40. The molecule has 3 nitrogen and oxygen atoms in total. The SMILES string of the molecule is CC1(C)CCCC(Nc2ccccc2Br)(C(=O)O)C1. The summed E-state index contributed by atoms with van der Waals surface area (Å²) in [7, 11) is 0. The molecule has 0 aliphatic heterocycles. The zero-order valence-electron chi connectivity index (χ0n) is 11.4. The maximum atomic E-state index is 11.8. The highest BCUT2D eigenvalue weighted by Crippen LogP contribution is 2.43. The number of hydrogen-bond donors (Lipinski definition) is 2. The van der Waals surface area contributed by atoms with Gasteiger partial charge < -0.3 is 10.4 Å². The average Bonchev–Trinajstić information content (AvgIpc) is 2.30. The van der Waals surface area contributed by atoms with Crippen molar-refractivity contribution in [1.82, 2.24) is 0 Å². The summed E-state index contributed by atoms with van der Waals surface area (Å²) < 4.78 is 0.902. The Kier molecular flexibility index (Phi) is 3.90. The van der Waals surface area contributed by atoms with E-state index in [0.29, 0.717) is 12.8 Å². The monoisotopic (exact) mass is 325 g/mol. The fourth-order valence-corrected chi connectivity index (χ4v) is 3.41. The summed E-state index contributed by atoms with van der Waals surface area (Å²) in [5.41, 5.74) is 0.0545. The van der Waals surface area contributed by atoms with E-state index in [4.69, 9.17) is 0 Å². The lowest BCUT2D eigenvalue weighted by Crippen LogP contribution is -2.51. The van der Waals surface area contributed by atoms with Crippen molar-refractivity contribution in [3.05, 3.63) is 28.7 Å². The van der Waals surface area contributed by atoms with E-state index in [2.05, 4.69) is 35.1 Å². The van der Waals surface area contributed by atoms with Crippen LogP contribution in [0.25, 0.3) is 0 Å². The smallest absolute Gasteiger partial charge is 0.329 e. The molecule has 4 heteroatoms. The first-order chi connectivity index (χ1) is 8.85. The van der Waals surface area contributed by atoms with Gasteiger partial charge in [0.15, 0.2) is 0 Å². The molecular weight excluding hydrogens is 306 g/mol. The van der Waals surface area contributed by atoms with Crippen molar-refractivity contribution < 1.29 is 9.90 Å². The van der Waals surface area contributed by atoms with Gasteiger partial charge in [0.05, 0.1) is 0 Å². The Morgan fingerprint density at radius 3 is 2.58 bits per heavy atom. The van der Waals surface area contributed by atoms with Crippen LogP contribution >= 0.6 is 15.9 Å². The summed E-state index contributed by atoms with van der Waals surface area (Å²) >= 11 is 3.47. The minimum Gasteiger partial charge on any atom is -0.480 e. The average molecular weight is 326 g/mol. The molecule has 1 aromatic carbocycles. The molecular formula is C15H20BrNO2. The second-order valence-electron chi connectivity index (χ2n) is 6.19. The number of nitrogens with one attached hydrogen (secondary N) is 1. The van der Waals surface area contributed by atoms with Crippen LogP contribution in [0.5, 0.6) is 0 Å². The zero-order valence-corrected chi connectivity index (χ0v) is 13.0. The van der Waals surface area contributed by atoms with Gasteiger partial charge in [-0.15, -0.1) is 0 Å². The summed E-state index contributed by atoms with van der Waals surface area (Å²) in [6.45, 7) is 4.29. The second-order valence-corrected chi connectivity index (χ2v) is 7.04. The van der Waals surface area contributed by atoms with E-state index in [1.807, 2.05) is 24.3 Å². The molecule has 104 valence electrons. The van der Waals surface area contributed by atoms with Gasteiger partial charge in [-0.2, -0.15) is 0 Å². The number of rotatable bonds is 3. The van der Waals surface area contributed by atoms with Gasteiger partial charge in [-0.25, -0.2) is 4.79 Å². The fourth-order valence-electron chi connectivity index (χ4n) is 3.03. The molecule has 2 N–H and O–H groups in total. The quantitative estimate of drug-likeness (QED) is 0.871. The Hall–Kier alpha value is -1.03. The van der Waals surface area contributed by atoms with E-state index in [9.17, 15) is 9.90 Å². The third-order valence-electron chi connectivity index (χ3n) is 3.89. The minimum atomic E-state index is -0.856. The van der Waals surface area contributed by atoms with Crippen LogP contribution in [0.4, 0.5) is 5.69 Å². The number of para-hydroxylation sites is 1. The standard InChI is InChI=1S/C15H20BrNO2/c1-14(2)8-5-9-15(10-14,13(18)19)17-12-7-4-3-6-11(12)16/h3-4,6-7,17H,5,8-10H2,1-2H3,(H,18,19). The first-order valence-electron chi connectivity index (χ1n) is 6.61. The zero-order chi connectivity index (χ0) is 14.1. The van der Waals surface area contributed by atoms with Gasteiger partial charge >= 0.3 is 5.97 Å². The van der Waals surface area contributed by atoms with Gasteiger partial charge in [-0.1, -0.05) is 26.0 Å². The van der Waals surface area contributed by atoms with E-state index < -0.39 is 11.5 Å². The molecule has 0 heterocycles. The predicted octanol–water partition coefficient (Wildman–Crippen LogP) is 4.28. The molecule has 0 aromatic heterocycles. The molecule has 1 aliphatic rings. The van der Waals surface area contributed by atoms with Crippen LogP contribution in [0.3, 0.4) is 0 Å². The topological polar surface area (TPSA) is 49.3 Å². The molecule has 2 rings (SSSR count). The molecule has 1 aliphatic carbocycles. The molecule has 1 atom stereocenters. The lowest BCUT2D eigenvalue weighted by atomic mass is 9.68. The molecule has 0 bridgehead atoms. The molecule has 1 fully saturated rings. The Bertz CT molecular complexity index is 487. The number of halogens is 1. The normalized spacial score (nSPS) is 25.8. The van der Waals surface area contributed by atoms with Crippen LogP contribution in [-0.2, 0) is 4.79 Å². The third-order valence-corrected chi connectivity index (χ3v) is 4.59. The van der Waals surface area contributed by atoms with Gasteiger partial charge in [0.25, 0.3) is 0 Å². The van der Waals surface area contributed by atoms with E-state index in [0.717, 1.165) is 23.0 Å². The highest BCUT2D eigenvalue weighted by molar-refractivity contribution is 9.10. The van der Waals surface area contributed by atoms with Gasteiger partial charge in [0, 0.05) is 10.2 Å². The Labute approximate surface area is 122 Å². The molecule has 0 spiro atoms. The summed E-state index contributed by atoms with van der Waals surface area (Å²) in [5.74, 6) is -0.754. The Morgan fingerprint density at radius 2 is 2.00 bits per heavy atom. The van der Waals surface area contributed by atoms with Crippen molar-refractivity contribution in [3.63, 3.8) is 0 Å². The molecule has 19 heavy (non-hydrogen) atoms. The number of carbonyl (C=O) groups is 1. The van der Waals surface area contributed by atoms with E-state index >= 15 is 0 Å². The highest BCUT2D eigenvalue weighted by atomic mass is 79.9. The highest BCUT2D eigenvalue weighted by Gasteiger charge is 2.46. The van der Waals surface area contributed by atoms with Crippen molar-refractivity contribution in [2.75, 3.05) is 5.32 Å². The van der Waals surface area contributed by atoms with E-state index in [1.165, 1.54) is 0 Å². The molecule has 0 amide bonds. The van der Waals surface area contributed by atoms with Crippen LogP contribution < -0.4 is 5.32 Å². The van der Waals surface area contributed by atoms with Crippen molar-refractivity contribution in [3.8, 4) is 0 Å². The maximum absolute atomic E-state index is 11.8. The molecule has 0 saturated heterocycles. The van der Waals surface area contributed by atoms with Crippen LogP contribution in [0.2, 0.25) is 0 Å². The summed E-state index contributed by atoms with van der Waals surface area (Å²) in [5, 5.41) is 13.0. The number of benzene rings is 1. The van der Waals surface area contributed by atoms with Crippen LogP contribution in [0.15, 0.2) is 28.7 Å². The minimum absolute atomic E-state index is 0.0604. The maximum Gasteiger partial charge on any atom is 0.329 e. The molecule has 1 aromatic rings. The van der Waals surface area contributed by atoms with Crippen LogP contribution in [0, 0.1) is 5.41 Å². The third kappa shape index (κ3) is 3.11. The molecule has 0 radical (unpaired) electrons. The summed E-state index contributed by atoms with van der Waals surface area (Å²) in [4.78, 5) is 11.8. The van der Waals surface area contributed by atoms with Crippen molar-refractivity contribution in [1.29, 1.82) is 0 Å². The largest absolute Gasteiger partial charge is 0.480 e. The number of hydrogen-bond acceptors (Lipinski definition) is 2. The van der Waals surface area contributed by atoms with Crippen LogP contribution in [-0.4, -0.2) is 16.6 Å². The van der Waals surface area contributed by atoms with Gasteiger partial charge in [0.1, 0.15) is 5.54 Å². The van der Waals surface area contributed by atoms with E-state index in [1.54, 1.807) is 0 Å². The van der Waals surface area contributed by atoms with Crippen molar-refractivity contribution >= 4 is 27.6 Å². The van der Waals surface area contributed by atoms with Crippen LogP contribution in [0.1, 0.15) is 39.5 Å². The second kappa shape index (κ2) is 5.16. The molecule has 1 saturated carbocycles. The number of anilines is 1. The van der Waals surface area contributed by atoms with Gasteiger partial charge in [0.2, 0.25) is 0 Å². The van der Waals surface area contributed by atoms with Gasteiger partial charge in [-0.05, 0) is 59.2 Å². The number of aliphatic carboxylic acids is 1. The summed E-state index contributed by atoms with van der Waals surface area (Å²) in [6, 6.07) is 7.67. The van der Waals surface area contributed by atoms with Crippen molar-refractivity contribution in [2.24, 2.45) is 5.41 Å². The summed E-state index contributed by atoms with van der Waals surface area (Å²) in [6.07, 6.45) is 3.35. The fraction of sp³-hybridized carbons (Fsp3) is 0.533. The van der Waals surface area contributed by atoms with Gasteiger partial charge in [-0.3, -0.25) is 0 Å².